The summed E-state index contributed by atoms with van der Waals surface area (Å²) < 4.78 is 13.8. The molecule has 0 spiro atoms. The highest BCUT2D eigenvalue weighted by Crippen LogP contribution is 2.17. The number of carbonyl (C=O) groups excluding carboxylic acids is 2. The second-order valence-electron chi connectivity index (χ2n) is 7.67. The molecule has 0 saturated heterocycles. The van der Waals surface area contributed by atoms with Crippen molar-refractivity contribution in [3.63, 3.8) is 0 Å². The summed E-state index contributed by atoms with van der Waals surface area (Å²) in [6, 6.07) is 14.7. The Morgan fingerprint density at radius 1 is 1.03 bits per heavy atom. The van der Waals surface area contributed by atoms with Crippen LogP contribution in [-0.4, -0.2) is 34.0 Å². The van der Waals surface area contributed by atoms with E-state index < -0.39 is 18.0 Å². The minimum atomic E-state index is -1.10. The molecule has 0 bridgehead atoms. The summed E-state index contributed by atoms with van der Waals surface area (Å²) in [6.07, 6.45) is -1.10. The first kappa shape index (κ1) is 22.9. The molecule has 0 saturated carbocycles. The van der Waals surface area contributed by atoms with E-state index in [4.69, 9.17) is 9.47 Å². The van der Waals surface area contributed by atoms with Crippen molar-refractivity contribution in [3.05, 3.63) is 75.7 Å². The van der Waals surface area contributed by atoms with Crippen molar-refractivity contribution < 1.29 is 19.1 Å². The normalized spacial score (nSPS) is 11.7. The quantitative estimate of drug-likeness (QED) is 0.574. The molecule has 0 aliphatic heterocycles. The van der Waals surface area contributed by atoms with Crippen LogP contribution in [0.1, 0.15) is 23.7 Å². The minimum Gasteiger partial charge on any atom is -0.482 e. The molecule has 32 heavy (non-hydrogen) atoms. The fourth-order valence-corrected chi connectivity index (χ4v) is 3.38. The number of aryl methyl sites for hydroxylation is 2. The highest BCUT2D eigenvalue weighted by molar-refractivity contribution is 5.95. The molecular weight excluding hydrogens is 410 g/mol. The number of carbonyl (C=O) groups is 2. The van der Waals surface area contributed by atoms with Gasteiger partial charge in [0, 0.05) is 7.05 Å². The lowest BCUT2D eigenvalue weighted by atomic mass is 10.1. The monoisotopic (exact) mass is 437 g/mol. The van der Waals surface area contributed by atoms with Gasteiger partial charge in [0.2, 0.25) is 0 Å². The van der Waals surface area contributed by atoms with Gasteiger partial charge >= 0.3 is 5.97 Å². The molecule has 1 heterocycles. The summed E-state index contributed by atoms with van der Waals surface area (Å²) >= 11 is 0. The Morgan fingerprint density at radius 3 is 2.28 bits per heavy atom. The summed E-state index contributed by atoms with van der Waals surface area (Å²) in [7, 11) is 1.73. The molecular formula is C24H27N3O5. The number of amides is 1. The zero-order chi connectivity index (χ0) is 23.4. The van der Waals surface area contributed by atoms with Crippen LogP contribution < -0.4 is 15.6 Å². The van der Waals surface area contributed by atoms with Crippen LogP contribution in [0, 0.1) is 20.8 Å². The van der Waals surface area contributed by atoms with E-state index in [2.05, 4.69) is 5.32 Å². The van der Waals surface area contributed by atoms with Crippen molar-refractivity contribution in [1.82, 2.24) is 9.36 Å². The number of aromatic nitrogens is 2. The number of hydrogen-bond acceptors (Lipinski definition) is 5. The Morgan fingerprint density at radius 2 is 1.66 bits per heavy atom. The van der Waals surface area contributed by atoms with Gasteiger partial charge in [0.1, 0.15) is 11.4 Å². The maximum atomic E-state index is 12.9. The van der Waals surface area contributed by atoms with Crippen LogP contribution in [0.25, 0.3) is 5.69 Å². The standard InChI is InChI=1S/C24H27N3O5/c1-15-11-16(2)13-20(12-15)31-14-21(28)32-18(4)23(29)25-22-17(3)26(5)27(24(22)30)19-9-7-6-8-10-19/h6-13,18H,14H2,1-5H3,(H,25,29)/t18-/m1/s1. The Labute approximate surface area is 186 Å². The van der Waals surface area contributed by atoms with E-state index in [0.29, 0.717) is 17.1 Å². The number of nitrogens with zero attached hydrogens (tertiary/aromatic N) is 2. The van der Waals surface area contributed by atoms with Crippen molar-refractivity contribution in [2.24, 2.45) is 7.05 Å². The Kier molecular flexibility index (Phi) is 6.82. The molecule has 0 radical (unpaired) electrons. The van der Waals surface area contributed by atoms with Crippen LogP contribution in [-0.2, 0) is 21.4 Å². The lowest BCUT2D eigenvalue weighted by molar-refractivity contribution is -0.155. The third-order valence-electron chi connectivity index (χ3n) is 5.03. The first-order valence-electron chi connectivity index (χ1n) is 10.2. The Balaban J connectivity index is 1.64. The van der Waals surface area contributed by atoms with Crippen molar-refractivity contribution >= 4 is 17.6 Å². The average Bonchev–Trinajstić information content (AvgIpc) is 2.95. The van der Waals surface area contributed by atoms with Crippen molar-refractivity contribution in [3.8, 4) is 11.4 Å². The molecule has 1 N–H and O–H groups in total. The number of esters is 1. The zero-order valence-electron chi connectivity index (χ0n) is 18.8. The van der Waals surface area contributed by atoms with Gasteiger partial charge < -0.3 is 14.8 Å². The number of anilines is 1. The molecule has 168 valence electrons. The van der Waals surface area contributed by atoms with E-state index in [1.807, 2.05) is 50.2 Å². The zero-order valence-corrected chi connectivity index (χ0v) is 18.8. The molecule has 0 fully saturated rings. The van der Waals surface area contributed by atoms with E-state index in [1.165, 1.54) is 11.6 Å². The van der Waals surface area contributed by atoms with Gasteiger partial charge in [0.25, 0.3) is 11.5 Å². The smallest absolute Gasteiger partial charge is 0.344 e. The molecule has 1 atom stereocenters. The molecule has 2 aromatic carbocycles. The Hall–Kier alpha value is -3.81. The topological polar surface area (TPSA) is 91.6 Å². The predicted molar refractivity (Wildman–Crippen MR) is 121 cm³/mol. The van der Waals surface area contributed by atoms with Crippen LogP contribution >= 0.6 is 0 Å². The van der Waals surface area contributed by atoms with Gasteiger partial charge in [0.15, 0.2) is 12.7 Å². The fraction of sp³-hybridized carbons (Fsp3) is 0.292. The van der Waals surface area contributed by atoms with E-state index in [0.717, 1.165) is 11.1 Å². The average molecular weight is 437 g/mol. The SMILES string of the molecule is Cc1cc(C)cc(OCC(=O)O[C@H](C)C(=O)Nc2c(C)n(C)n(-c3ccccc3)c2=O)c1. The number of rotatable bonds is 7. The molecule has 0 unspecified atom stereocenters. The highest BCUT2D eigenvalue weighted by Gasteiger charge is 2.23. The third kappa shape index (κ3) is 5.08. The van der Waals surface area contributed by atoms with Gasteiger partial charge in [-0.1, -0.05) is 24.3 Å². The molecule has 3 rings (SSSR count). The van der Waals surface area contributed by atoms with Crippen LogP contribution in [0.2, 0.25) is 0 Å². The second-order valence-corrected chi connectivity index (χ2v) is 7.67. The second kappa shape index (κ2) is 9.55. The van der Waals surface area contributed by atoms with Gasteiger partial charge in [-0.3, -0.25) is 14.3 Å². The number of hydrogen-bond donors (Lipinski definition) is 1. The van der Waals surface area contributed by atoms with Crippen molar-refractivity contribution in [2.75, 3.05) is 11.9 Å². The van der Waals surface area contributed by atoms with Crippen molar-refractivity contribution in [2.45, 2.75) is 33.8 Å². The molecule has 8 heteroatoms. The summed E-state index contributed by atoms with van der Waals surface area (Å²) in [5.74, 6) is -0.730. The third-order valence-corrected chi connectivity index (χ3v) is 5.03. The Bertz CT molecular complexity index is 1170. The molecule has 0 aliphatic carbocycles. The molecule has 1 aromatic heterocycles. The molecule has 3 aromatic rings. The van der Waals surface area contributed by atoms with Crippen LogP contribution in [0.4, 0.5) is 5.69 Å². The first-order valence-corrected chi connectivity index (χ1v) is 10.2. The van der Waals surface area contributed by atoms with E-state index in [9.17, 15) is 14.4 Å². The van der Waals surface area contributed by atoms with Gasteiger partial charge in [-0.2, -0.15) is 0 Å². The summed E-state index contributed by atoms with van der Waals surface area (Å²) in [4.78, 5) is 37.6. The van der Waals surface area contributed by atoms with Gasteiger partial charge in [-0.25, -0.2) is 9.48 Å². The number of nitrogens with one attached hydrogen (secondary N) is 1. The maximum absolute atomic E-state index is 12.9. The van der Waals surface area contributed by atoms with Gasteiger partial charge in [-0.05, 0) is 63.1 Å². The molecule has 0 aliphatic rings. The highest BCUT2D eigenvalue weighted by atomic mass is 16.6. The summed E-state index contributed by atoms with van der Waals surface area (Å²) in [5, 5.41) is 2.59. The lowest BCUT2D eigenvalue weighted by Crippen LogP contribution is -2.33. The van der Waals surface area contributed by atoms with Crippen LogP contribution in [0.15, 0.2) is 53.3 Å². The number of ether oxygens (including phenoxy) is 2. The van der Waals surface area contributed by atoms with Crippen LogP contribution in [0.3, 0.4) is 0 Å². The van der Waals surface area contributed by atoms with Crippen molar-refractivity contribution in [1.29, 1.82) is 0 Å². The maximum Gasteiger partial charge on any atom is 0.344 e. The minimum absolute atomic E-state index is 0.135. The number of para-hydroxylation sites is 1. The fourth-order valence-electron chi connectivity index (χ4n) is 3.38. The number of benzene rings is 2. The van der Waals surface area contributed by atoms with E-state index in [-0.39, 0.29) is 17.9 Å². The van der Waals surface area contributed by atoms with Crippen LogP contribution in [0.5, 0.6) is 5.75 Å². The summed E-state index contributed by atoms with van der Waals surface area (Å²) in [5.41, 5.74) is 3.04. The van der Waals surface area contributed by atoms with E-state index >= 15 is 0 Å². The lowest BCUT2D eigenvalue weighted by Gasteiger charge is -2.14. The van der Waals surface area contributed by atoms with E-state index in [1.54, 1.807) is 30.8 Å². The summed E-state index contributed by atoms with van der Waals surface area (Å²) in [6.45, 7) is 6.71. The van der Waals surface area contributed by atoms with Gasteiger partial charge in [0.05, 0.1) is 11.4 Å². The van der Waals surface area contributed by atoms with Gasteiger partial charge in [-0.15, -0.1) is 0 Å². The first-order chi connectivity index (χ1) is 15.2. The molecule has 1 amide bonds. The largest absolute Gasteiger partial charge is 0.482 e. The molecule has 8 nitrogen and oxygen atoms in total. The predicted octanol–water partition coefficient (Wildman–Crippen LogP) is 3.05.